The summed E-state index contributed by atoms with van der Waals surface area (Å²) >= 11 is 1.34. The van der Waals surface area contributed by atoms with Gasteiger partial charge in [0.25, 0.3) is 5.91 Å². The van der Waals surface area contributed by atoms with Crippen molar-refractivity contribution in [2.75, 3.05) is 30.1 Å². The van der Waals surface area contributed by atoms with Gasteiger partial charge in [-0.15, -0.1) is 11.8 Å². The fraction of sp³-hybridized carbons (Fsp3) is 0.447. The van der Waals surface area contributed by atoms with Gasteiger partial charge in [-0.25, -0.2) is 13.2 Å². The molecule has 0 fully saturated rings. The zero-order valence-electron chi connectivity index (χ0n) is 30.0. The predicted molar refractivity (Wildman–Crippen MR) is 201 cm³/mol. The molecule has 0 saturated heterocycles. The van der Waals surface area contributed by atoms with Crippen LogP contribution in [0.1, 0.15) is 70.9 Å². The van der Waals surface area contributed by atoms with E-state index in [2.05, 4.69) is 29.4 Å². The number of thioether (sulfide) groups is 1. The van der Waals surface area contributed by atoms with Crippen LogP contribution >= 0.6 is 11.8 Å². The Morgan fingerprint density at radius 1 is 0.981 bits per heavy atom. The molecule has 1 aliphatic heterocycles. The van der Waals surface area contributed by atoms with Crippen molar-refractivity contribution in [2.24, 2.45) is 5.41 Å². The number of phenols is 1. The van der Waals surface area contributed by atoms with Crippen molar-refractivity contribution in [3.05, 3.63) is 72.3 Å². The summed E-state index contributed by atoms with van der Waals surface area (Å²) in [5.41, 5.74) is 1.15. The second-order valence-electron chi connectivity index (χ2n) is 13.3. The zero-order chi connectivity index (χ0) is 38.1. The first-order valence-electron chi connectivity index (χ1n) is 17.4. The van der Waals surface area contributed by atoms with Gasteiger partial charge in [0.15, 0.2) is 22.5 Å². The number of benzene rings is 3. The Morgan fingerprint density at radius 3 is 2.17 bits per heavy atom. The predicted octanol–water partition coefficient (Wildman–Crippen LogP) is 5.59. The Kier molecular flexibility index (Phi) is 14.0. The summed E-state index contributed by atoms with van der Waals surface area (Å²) < 4.78 is 34.8. The number of hydrogen-bond acceptors (Lipinski definition) is 10. The number of nitrogens with zero attached hydrogens (tertiary/aromatic N) is 1. The Bertz CT molecular complexity index is 1790. The van der Waals surface area contributed by atoms with Crippen LogP contribution in [0.25, 0.3) is 0 Å². The van der Waals surface area contributed by atoms with Gasteiger partial charge in [0.1, 0.15) is 17.5 Å². The van der Waals surface area contributed by atoms with Crippen LogP contribution in [0.2, 0.25) is 0 Å². The molecule has 3 aromatic carbocycles. The first kappa shape index (κ1) is 40.5. The molecule has 0 spiro atoms. The smallest absolute Gasteiger partial charge is 0.328 e. The summed E-state index contributed by atoms with van der Waals surface area (Å²) in [6.45, 7) is 5.34. The van der Waals surface area contributed by atoms with Gasteiger partial charge in [0.2, 0.25) is 5.91 Å². The lowest BCUT2D eigenvalue weighted by atomic mass is 9.79. The van der Waals surface area contributed by atoms with E-state index in [1.807, 2.05) is 36.6 Å². The molecule has 5 N–H and O–H groups in total. The first-order valence-corrected chi connectivity index (χ1v) is 20.3. The highest BCUT2D eigenvalue weighted by molar-refractivity contribution is 7.98. The number of amides is 2. The number of carboxylic acids is 1. The lowest BCUT2D eigenvalue weighted by Crippen LogP contribution is -2.52. The summed E-state index contributed by atoms with van der Waals surface area (Å²) in [4.78, 5) is 41.1. The number of aromatic hydroxyl groups is 1. The molecule has 1 aliphatic rings. The van der Waals surface area contributed by atoms with E-state index >= 15 is 0 Å². The molecule has 0 radical (unpaired) electrons. The molecular formula is C38H49N3O9S2. The standard InChI is InChI=1S/C38H49N3O9S2/c1-5-7-18-38(19-8-6-2)23-41(27-12-10-9-11-13-27)29-20-31(51-4)30(21-32(29)52(48,49)24-38)50-22-33(44)39-35(26-14-16-28(43)17-15-26)36(45)40-34(25(3)42)37(46)47/h9-17,20-21,25,34-35,42-43H,5-8,18-19,22-24H2,1-4H3,(H,39,44)(H,40,45)(H,46,47). The third-order valence-corrected chi connectivity index (χ3v) is 12.0. The van der Waals surface area contributed by atoms with E-state index in [-0.39, 0.29) is 27.7 Å². The van der Waals surface area contributed by atoms with E-state index in [1.165, 1.54) is 49.0 Å². The Labute approximate surface area is 309 Å². The van der Waals surface area contributed by atoms with Crippen LogP contribution in [0, 0.1) is 5.41 Å². The molecule has 282 valence electrons. The second kappa shape index (κ2) is 18.0. The maximum Gasteiger partial charge on any atom is 0.328 e. The molecule has 12 nitrogen and oxygen atoms in total. The average molecular weight is 756 g/mol. The third-order valence-electron chi connectivity index (χ3n) is 9.25. The van der Waals surface area contributed by atoms with Gasteiger partial charge in [-0.2, -0.15) is 0 Å². The number of ether oxygens (including phenoxy) is 1. The highest BCUT2D eigenvalue weighted by Gasteiger charge is 2.42. The maximum atomic E-state index is 14.4. The lowest BCUT2D eigenvalue weighted by molar-refractivity contribution is -0.145. The fourth-order valence-electron chi connectivity index (χ4n) is 6.52. The molecule has 52 heavy (non-hydrogen) atoms. The largest absolute Gasteiger partial charge is 0.508 e. The highest BCUT2D eigenvalue weighted by Crippen LogP contribution is 2.47. The van der Waals surface area contributed by atoms with E-state index in [4.69, 9.17) is 4.74 Å². The summed E-state index contributed by atoms with van der Waals surface area (Å²) in [6.07, 6.45) is 5.60. The minimum atomic E-state index is -3.84. The number of carboxylic acid groups (broad SMARTS) is 1. The monoisotopic (exact) mass is 755 g/mol. The summed E-state index contributed by atoms with van der Waals surface area (Å²) in [6, 6.07) is 15.3. The van der Waals surface area contributed by atoms with Gasteiger partial charge in [-0.1, -0.05) is 69.9 Å². The Morgan fingerprint density at radius 2 is 1.62 bits per heavy atom. The molecule has 0 bridgehead atoms. The van der Waals surface area contributed by atoms with Crippen LogP contribution in [0.5, 0.6) is 11.5 Å². The van der Waals surface area contributed by atoms with Gasteiger partial charge in [0, 0.05) is 23.7 Å². The van der Waals surface area contributed by atoms with Crippen molar-refractivity contribution in [1.82, 2.24) is 10.6 Å². The van der Waals surface area contributed by atoms with Crippen molar-refractivity contribution >= 4 is 50.8 Å². The fourth-order valence-corrected chi connectivity index (χ4v) is 9.18. The minimum absolute atomic E-state index is 0.0257. The maximum absolute atomic E-state index is 14.4. The number of nitrogens with one attached hydrogen (secondary N) is 2. The van der Waals surface area contributed by atoms with E-state index < -0.39 is 57.8 Å². The summed E-state index contributed by atoms with van der Waals surface area (Å²) in [5.74, 6) is -3.08. The highest BCUT2D eigenvalue weighted by atomic mass is 32.2. The molecule has 2 amide bonds. The van der Waals surface area contributed by atoms with Gasteiger partial charge in [0.05, 0.1) is 27.3 Å². The van der Waals surface area contributed by atoms with E-state index in [1.54, 1.807) is 6.07 Å². The van der Waals surface area contributed by atoms with Crippen molar-refractivity contribution in [2.45, 2.75) is 87.3 Å². The normalized spacial score (nSPS) is 16.4. The molecular weight excluding hydrogens is 707 g/mol. The molecule has 1 heterocycles. The Hall–Kier alpha value is -4.27. The number of phenolic OH excluding ortho intramolecular Hbond substituents is 1. The van der Waals surface area contributed by atoms with Crippen molar-refractivity contribution < 1.29 is 42.9 Å². The number of aliphatic carboxylic acids is 1. The van der Waals surface area contributed by atoms with Gasteiger partial charge in [-0.3, -0.25) is 9.59 Å². The van der Waals surface area contributed by atoms with Gasteiger partial charge < -0.3 is 35.6 Å². The van der Waals surface area contributed by atoms with Crippen LogP contribution in [0.15, 0.2) is 76.5 Å². The summed E-state index contributed by atoms with van der Waals surface area (Å²) in [5, 5.41) is 33.9. The van der Waals surface area contributed by atoms with E-state index in [0.717, 1.165) is 44.2 Å². The molecule has 3 unspecified atom stereocenters. The zero-order valence-corrected chi connectivity index (χ0v) is 31.6. The topological polar surface area (TPSA) is 183 Å². The average Bonchev–Trinajstić information content (AvgIpc) is 3.21. The van der Waals surface area contributed by atoms with Crippen LogP contribution in [-0.4, -0.2) is 78.8 Å². The Balaban J connectivity index is 1.69. The molecule has 0 saturated carbocycles. The number of aliphatic hydroxyl groups is 1. The number of hydrogen-bond donors (Lipinski definition) is 5. The number of aliphatic hydroxyl groups excluding tert-OH is 1. The van der Waals surface area contributed by atoms with E-state index in [0.29, 0.717) is 17.1 Å². The molecule has 0 aromatic heterocycles. The second-order valence-corrected chi connectivity index (χ2v) is 16.1. The van der Waals surface area contributed by atoms with Crippen molar-refractivity contribution in [3.63, 3.8) is 0 Å². The quantitative estimate of drug-likeness (QED) is 0.108. The van der Waals surface area contributed by atoms with Crippen LogP contribution in [0.3, 0.4) is 0 Å². The first-order chi connectivity index (χ1) is 24.7. The molecule has 3 atom stereocenters. The van der Waals surface area contributed by atoms with Gasteiger partial charge in [-0.05, 0) is 61.9 Å². The number of fused-ring (bicyclic) bond motifs is 1. The number of para-hydroxylation sites is 1. The van der Waals surface area contributed by atoms with E-state index in [9.17, 15) is 38.1 Å². The minimum Gasteiger partial charge on any atom is -0.508 e. The van der Waals surface area contributed by atoms with Crippen molar-refractivity contribution in [1.29, 1.82) is 0 Å². The number of rotatable bonds is 17. The number of unbranched alkanes of at least 4 members (excludes halogenated alkanes) is 2. The molecule has 4 rings (SSSR count). The third kappa shape index (κ3) is 9.98. The van der Waals surface area contributed by atoms with Gasteiger partial charge >= 0.3 is 5.97 Å². The summed E-state index contributed by atoms with van der Waals surface area (Å²) in [7, 11) is -3.84. The van der Waals surface area contributed by atoms with Crippen molar-refractivity contribution in [3.8, 4) is 11.5 Å². The van der Waals surface area contributed by atoms with Crippen LogP contribution in [-0.2, 0) is 24.2 Å². The SMILES string of the molecule is CCCCC1(CCCC)CN(c2ccccc2)c2cc(SC)c(OCC(=O)NC(C(=O)NC(C(=O)O)C(C)O)c3ccc(O)cc3)cc2S(=O)(=O)C1. The van der Waals surface area contributed by atoms with Crippen LogP contribution in [0.4, 0.5) is 11.4 Å². The molecule has 0 aliphatic carbocycles. The number of carbonyl (C=O) groups is 3. The molecule has 3 aromatic rings. The molecule has 14 heteroatoms. The number of carbonyl (C=O) groups excluding carboxylic acids is 2. The number of sulfone groups is 1. The lowest BCUT2D eigenvalue weighted by Gasteiger charge is -2.37. The van der Waals surface area contributed by atoms with Crippen LogP contribution < -0.4 is 20.3 Å². The number of anilines is 2.